The smallest absolute Gasteiger partial charge is 0.316 e. The van der Waals surface area contributed by atoms with E-state index < -0.39 is 16.9 Å². The molecule has 342 valence electrons. The molecule has 5 aromatic rings. The van der Waals surface area contributed by atoms with Gasteiger partial charge in [-0.3, -0.25) is 19.2 Å². The van der Waals surface area contributed by atoms with E-state index in [9.17, 15) is 24.3 Å². The highest BCUT2D eigenvalue weighted by Gasteiger charge is 2.40. The van der Waals surface area contributed by atoms with Gasteiger partial charge < -0.3 is 28.8 Å². The molecular weight excluding hydrogens is 817 g/mol. The monoisotopic (exact) mass is 880 g/mol. The summed E-state index contributed by atoms with van der Waals surface area (Å²) >= 11 is 0. The van der Waals surface area contributed by atoms with Gasteiger partial charge >= 0.3 is 11.1 Å². The first-order chi connectivity index (χ1) is 31.4. The minimum absolute atomic E-state index is 0.0105. The second-order valence-electron chi connectivity index (χ2n) is 19.1. The number of rotatable bonds is 11. The van der Waals surface area contributed by atoms with Crippen molar-refractivity contribution in [2.45, 2.75) is 147 Å². The Morgan fingerprint density at radius 3 is 1.43 bits per heavy atom. The molecule has 12 nitrogen and oxygen atoms in total. The standard InChI is InChI=1S/C30H35N3O3.C23H29N3O3/c1-22(2)32-18-19-33-25(20-30(16-10-5-11-17-30)24-14-8-4-9-15-24)31-28(34)27(26(33)29(32)35)36-21-23-12-6-3-7-13-23;1-16(2)25-13-14-26-18(24-21(28)20(27)19(26)22(25)29)15-23(11-7-4-8-12-23)17-9-5-3-6-10-17/h3-4,6-9,12-15,22H,5,10-11,16-21H2,1-2H3;3,5-6,9-10,16,27H,4,7-8,11-15H2,1-2H3. The van der Waals surface area contributed by atoms with Crippen molar-refractivity contribution in [2.24, 2.45) is 0 Å². The summed E-state index contributed by atoms with van der Waals surface area (Å²) in [4.78, 5) is 64.9. The van der Waals surface area contributed by atoms with Crippen LogP contribution in [0.5, 0.6) is 11.5 Å². The molecule has 2 fully saturated rings. The third kappa shape index (κ3) is 9.40. The van der Waals surface area contributed by atoms with E-state index in [1.54, 1.807) is 9.47 Å². The zero-order chi connectivity index (χ0) is 45.7. The molecule has 1 N–H and O–H groups in total. The summed E-state index contributed by atoms with van der Waals surface area (Å²) in [6.07, 6.45) is 12.5. The van der Waals surface area contributed by atoms with E-state index in [4.69, 9.17) is 4.74 Å². The minimum atomic E-state index is -0.704. The Hall–Kier alpha value is -6.04. The van der Waals surface area contributed by atoms with Crippen LogP contribution in [0.25, 0.3) is 0 Å². The van der Waals surface area contributed by atoms with Crippen molar-refractivity contribution in [1.29, 1.82) is 0 Å². The number of nitrogens with zero attached hydrogens (tertiary/aromatic N) is 6. The average Bonchev–Trinajstić information content (AvgIpc) is 3.32. The molecule has 0 unspecified atom stereocenters. The van der Waals surface area contributed by atoms with Gasteiger partial charge in [0.15, 0.2) is 11.4 Å². The summed E-state index contributed by atoms with van der Waals surface area (Å²) in [6.45, 7) is 10.4. The largest absolute Gasteiger partial charge is 0.501 e. The summed E-state index contributed by atoms with van der Waals surface area (Å²) in [5.41, 5.74) is 2.62. The maximum Gasteiger partial charge on any atom is 0.316 e. The lowest BCUT2D eigenvalue weighted by Gasteiger charge is -2.40. The molecule has 2 amide bonds. The number of fused-ring (bicyclic) bond motifs is 2. The molecule has 9 rings (SSSR count). The molecule has 0 atom stereocenters. The van der Waals surface area contributed by atoms with E-state index in [-0.39, 0.29) is 52.8 Å². The van der Waals surface area contributed by atoms with Crippen LogP contribution in [0.15, 0.2) is 101 Å². The molecule has 0 radical (unpaired) electrons. The molecule has 4 heterocycles. The maximum atomic E-state index is 13.7. The van der Waals surface area contributed by atoms with E-state index in [0.717, 1.165) is 56.9 Å². The van der Waals surface area contributed by atoms with Crippen molar-refractivity contribution in [1.82, 2.24) is 28.9 Å². The van der Waals surface area contributed by atoms with E-state index in [1.807, 2.05) is 79.6 Å². The lowest BCUT2D eigenvalue weighted by Crippen LogP contribution is -2.47. The maximum absolute atomic E-state index is 13.7. The molecule has 3 aromatic carbocycles. The number of carbonyl (C=O) groups is 2. The molecule has 65 heavy (non-hydrogen) atoms. The quantitative estimate of drug-likeness (QED) is 0.140. The van der Waals surface area contributed by atoms with E-state index in [2.05, 4.69) is 58.5 Å². The Balaban J connectivity index is 0.000000181. The van der Waals surface area contributed by atoms with E-state index in [1.165, 1.54) is 24.0 Å². The topological polar surface area (TPSA) is 140 Å². The molecule has 12 heteroatoms. The zero-order valence-corrected chi connectivity index (χ0v) is 38.5. The van der Waals surface area contributed by atoms with Crippen LogP contribution in [0.2, 0.25) is 0 Å². The fourth-order valence-corrected chi connectivity index (χ4v) is 10.9. The Kier molecular flexibility index (Phi) is 13.7. The average molecular weight is 881 g/mol. The zero-order valence-electron chi connectivity index (χ0n) is 38.5. The summed E-state index contributed by atoms with van der Waals surface area (Å²) in [5.74, 6) is 0.408. The van der Waals surface area contributed by atoms with Crippen LogP contribution < -0.4 is 15.9 Å². The number of hydrogen-bond acceptors (Lipinski definition) is 8. The van der Waals surface area contributed by atoms with Crippen molar-refractivity contribution in [3.05, 3.63) is 151 Å². The van der Waals surface area contributed by atoms with Crippen LogP contribution >= 0.6 is 0 Å². The summed E-state index contributed by atoms with van der Waals surface area (Å²) < 4.78 is 9.79. The van der Waals surface area contributed by atoms with Crippen molar-refractivity contribution in [3.8, 4) is 11.5 Å². The molecule has 0 bridgehead atoms. The Bertz CT molecular complexity index is 2580. The van der Waals surface area contributed by atoms with Gasteiger partial charge in [-0.05, 0) is 70.1 Å². The van der Waals surface area contributed by atoms with Gasteiger partial charge in [0.1, 0.15) is 18.3 Å². The lowest BCUT2D eigenvalue weighted by atomic mass is 9.67. The molecule has 2 aliphatic heterocycles. The number of benzene rings is 3. The molecule has 2 aromatic heterocycles. The first kappa shape index (κ1) is 45.5. The van der Waals surface area contributed by atoms with Gasteiger partial charge in [-0.25, -0.2) is 0 Å². The second-order valence-corrected chi connectivity index (χ2v) is 19.1. The fraction of sp³-hybridized carbons (Fsp3) is 0.472. The van der Waals surface area contributed by atoms with Gasteiger partial charge in [-0.15, -0.1) is 0 Å². The Morgan fingerprint density at radius 1 is 0.554 bits per heavy atom. The van der Waals surface area contributed by atoms with Crippen molar-refractivity contribution >= 4 is 11.8 Å². The normalized spacial score (nSPS) is 17.9. The van der Waals surface area contributed by atoms with E-state index in [0.29, 0.717) is 56.4 Å². The van der Waals surface area contributed by atoms with Crippen LogP contribution in [0, 0.1) is 0 Å². The number of hydrogen-bond donors (Lipinski definition) is 1. The first-order valence-corrected chi connectivity index (χ1v) is 23.8. The lowest BCUT2D eigenvalue weighted by molar-refractivity contribution is 0.0626. The van der Waals surface area contributed by atoms with Crippen LogP contribution in [0.4, 0.5) is 0 Å². The van der Waals surface area contributed by atoms with Crippen LogP contribution in [-0.4, -0.2) is 71.0 Å². The second kappa shape index (κ2) is 19.6. The van der Waals surface area contributed by atoms with Crippen LogP contribution in [-0.2, 0) is 43.4 Å². The number of aromatic hydroxyl groups is 1. The minimum Gasteiger partial charge on any atom is -0.501 e. The third-order valence-electron chi connectivity index (χ3n) is 14.4. The highest BCUT2D eigenvalue weighted by Crippen LogP contribution is 2.44. The van der Waals surface area contributed by atoms with Crippen molar-refractivity contribution in [3.63, 3.8) is 0 Å². The predicted octanol–water partition coefficient (Wildman–Crippen LogP) is 8.39. The molecule has 4 aliphatic rings. The molecule has 0 spiro atoms. The summed E-state index contributed by atoms with van der Waals surface area (Å²) in [6, 6.07) is 30.8. The van der Waals surface area contributed by atoms with Gasteiger partial charge in [0, 0.05) is 61.9 Å². The van der Waals surface area contributed by atoms with Crippen molar-refractivity contribution < 1.29 is 19.4 Å². The van der Waals surface area contributed by atoms with Gasteiger partial charge in [0.25, 0.3) is 11.8 Å². The fourth-order valence-electron chi connectivity index (χ4n) is 10.9. The van der Waals surface area contributed by atoms with Gasteiger partial charge in [-0.2, -0.15) is 9.97 Å². The van der Waals surface area contributed by atoms with Crippen LogP contribution in [0.1, 0.15) is 141 Å². The van der Waals surface area contributed by atoms with Crippen molar-refractivity contribution in [2.75, 3.05) is 13.1 Å². The first-order valence-electron chi connectivity index (χ1n) is 23.8. The SMILES string of the molecule is CC(C)N1CCn2c(CC3(c4ccccc4)CCCCC3)nc(=O)c(O)c2C1=O.CC(C)N1CCn2c(CC3(c4ccccc4)CCCCC3)nc(=O)c(OCc3ccccc3)c2C1=O. The number of aromatic nitrogens is 4. The predicted molar refractivity (Wildman–Crippen MR) is 252 cm³/mol. The molecule has 2 aliphatic carbocycles. The Morgan fingerprint density at radius 2 is 0.969 bits per heavy atom. The highest BCUT2D eigenvalue weighted by molar-refractivity contribution is 5.96. The van der Waals surface area contributed by atoms with Gasteiger partial charge in [0.2, 0.25) is 11.5 Å². The summed E-state index contributed by atoms with van der Waals surface area (Å²) in [5, 5.41) is 10.4. The molecular formula is C53H64N6O6. The number of amides is 2. The summed E-state index contributed by atoms with van der Waals surface area (Å²) in [7, 11) is 0. The molecule has 0 saturated heterocycles. The highest BCUT2D eigenvalue weighted by atomic mass is 16.5. The number of carbonyl (C=O) groups excluding carboxylic acids is 2. The number of ether oxygens (including phenoxy) is 1. The third-order valence-corrected chi connectivity index (χ3v) is 14.4. The Labute approximate surface area is 382 Å². The van der Waals surface area contributed by atoms with E-state index >= 15 is 0 Å². The van der Waals surface area contributed by atoms with Gasteiger partial charge in [-0.1, -0.05) is 130 Å². The van der Waals surface area contributed by atoms with Gasteiger partial charge in [0.05, 0.1) is 0 Å². The molecule has 2 saturated carbocycles. The van der Waals surface area contributed by atoms with Crippen LogP contribution in [0.3, 0.4) is 0 Å².